The summed E-state index contributed by atoms with van der Waals surface area (Å²) in [5.41, 5.74) is 7.21. The number of nitrogens with two attached hydrogens (primary N) is 1. The van der Waals surface area contributed by atoms with Gasteiger partial charge in [0.1, 0.15) is 13.2 Å². The van der Waals surface area contributed by atoms with Crippen molar-refractivity contribution < 1.29 is 9.47 Å². The number of fused-ring (bicyclic) bond motifs is 1. The van der Waals surface area contributed by atoms with Crippen molar-refractivity contribution in [3.63, 3.8) is 0 Å². The number of hydrogen-bond donors (Lipinski definition) is 1. The minimum Gasteiger partial charge on any atom is -0.486 e. The molecule has 1 saturated heterocycles. The van der Waals surface area contributed by atoms with Crippen LogP contribution in [0.2, 0.25) is 0 Å². The van der Waals surface area contributed by atoms with E-state index in [1.807, 2.05) is 12.1 Å². The molecule has 2 aliphatic rings. The van der Waals surface area contributed by atoms with E-state index in [9.17, 15) is 0 Å². The summed E-state index contributed by atoms with van der Waals surface area (Å²) in [4.78, 5) is 2.48. The van der Waals surface area contributed by atoms with E-state index in [0.717, 1.165) is 24.6 Å². The van der Waals surface area contributed by atoms with Gasteiger partial charge in [0.25, 0.3) is 0 Å². The third kappa shape index (κ3) is 2.55. The fourth-order valence-electron chi connectivity index (χ4n) is 3.06. The molecule has 19 heavy (non-hydrogen) atoms. The molecular weight excluding hydrogens is 240 g/mol. The summed E-state index contributed by atoms with van der Waals surface area (Å²) in [6, 6.07) is 6.38. The maximum atomic E-state index is 6.03. The monoisotopic (exact) mass is 262 g/mol. The van der Waals surface area contributed by atoms with Crippen molar-refractivity contribution >= 4 is 0 Å². The van der Waals surface area contributed by atoms with Crippen molar-refractivity contribution in [3.05, 3.63) is 23.8 Å². The van der Waals surface area contributed by atoms with E-state index in [-0.39, 0.29) is 6.04 Å². The van der Waals surface area contributed by atoms with Crippen LogP contribution in [0.5, 0.6) is 11.5 Å². The van der Waals surface area contributed by atoms with Crippen LogP contribution >= 0.6 is 0 Å². The smallest absolute Gasteiger partial charge is 0.166 e. The van der Waals surface area contributed by atoms with Gasteiger partial charge in [-0.3, -0.25) is 4.90 Å². The predicted molar refractivity (Wildman–Crippen MR) is 74.7 cm³/mol. The molecule has 0 bridgehead atoms. The molecule has 2 heterocycles. The van der Waals surface area contributed by atoms with Crippen LogP contribution < -0.4 is 15.2 Å². The lowest BCUT2D eigenvalue weighted by molar-refractivity contribution is 0.146. The van der Waals surface area contributed by atoms with Crippen molar-refractivity contribution in [3.8, 4) is 11.5 Å². The van der Waals surface area contributed by atoms with Gasteiger partial charge in [-0.1, -0.05) is 18.6 Å². The first-order chi connectivity index (χ1) is 9.40. The fourth-order valence-corrected chi connectivity index (χ4v) is 3.06. The molecule has 2 N–H and O–H groups in total. The van der Waals surface area contributed by atoms with E-state index in [1.165, 1.54) is 24.8 Å². The summed E-state index contributed by atoms with van der Waals surface area (Å²) < 4.78 is 11.5. The zero-order valence-corrected chi connectivity index (χ0v) is 11.3. The van der Waals surface area contributed by atoms with Crippen LogP contribution in [0.4, 0.5) is 0 Å². The zero-order valence-electron chi connectivity index (χ0n) is 11.3. The SMILES string of the molecule is NCC(c1cccc2c1OCCO2)N1CCCCC1. The highest BCUT2D eigenvalue weighted by Gasteiger charge is 2.26. The first-order valence-corrected chi connectivity index (χ1v) is 7.23. The van der Waals surface area contributed by atoms with Crippen LogP contribution in [-0.4, -0.2) is 37.7 Å². The largest absolute Gasteiger partial charge is 0.486 e. The molecule has 104 valence electrons. The van der Waals surface area contributed by atoms with Gasteiger partial charge in [0, 0.05) is 12.1 Å². The van der Waals surface area contributed by atoms with Gasteiger partial charge < -0.3 is 15.2 Å². The van der Waals surface area contributed by atoms with Crippen molar-refractivity contribution in [1.82, 2.24) is 4.90 Å². The summed E-state index contributed by atoms with van der Waals surface area (Å²) in [6.07, 6.45) is 3.87. The average Bonchev–Trinajstić information content (AvgIpc) is 2.49. The average molecular weight is 262 g/mol. The Morgan fingerprint density at radius 2 is 1.89 bits per heavy atom. The lowest BCUT2D eigenvalue weighted by Crippen LogP contribution is -2.38. The Hall–Kier alpha value is -1.26. The molecule has 4 heteroatoms. The van der Waals surface area contributed by atoms with Crippen LogP contribution in [-0.2, 0) is 0 Å². The summed E-state index contributed by atoms with van der Waals surface area (Å²) in [5, 5.41) is 0. The molecule has 1 atom stereocenters. The Kier molecular flexibility index (Phi) is 3.89. The van der Waals surface area contributed by atoms with Gasteiger partial charge in [-0.15, -0.1) is 0 Å². The Morgan fingerprint density at radius 3 is 2.68 bits per heavy atom. The number of likely N-dealkylation sites (tertiary alicyclic amines) is 1. The van der Waals surface area contributed by atoms with Gasteiger partial charge in [0.2, 0.25) is 0 Å². The van der Waals surface area contributed by atoms with Crippen LogP contribution in [0.3, 0.4) is 0 Å². The second-order valence-electron chi connectivity index (χ2n) is 5.22. The number of nitrogens with zero attached hydrogens (tertiary/aromatic N) is 1. The Labute approximate surface area is 114 Å². The van der Waals surface area contributed by atoms with Crippen LogP contribution in [0.25, 0.3) is 0 Å². The molecule has 0 aromatic heterocycles. The predicted octanol–water partition coefficient (Wildman–Crippen LogP) is 1.94. The van der Waals surface area contributed by atoms with Crippen LogP contribution in [0.1, 0.15) is 30.9 Å². The third-order valence-electron chi connectivity index (χ3n) is 4.01. The molecule has 0 saturated carbocycles. The molecule has 0 aliphatic carbocycles. The molecule has 1 unspecified atom stereocenters. The molecular formula is C15H22N2O2. The first kappa shape index (κ1) is 12.8. The summed E-state index contributed by atoms with van der Waals surface area (Å²) in [7, 11) is 0. The lowest BCUT2D eigenvalue weighted by atomic mass is 10.00. The second-order valence-corrected chi connectivity index (χ2v) is 5.22. The van der Waals surface area contributed by atoms with Crippen molar-refractivity contribution in [2.45, 2.75) is 25.3 Å². The zero-order chi connectivity index (χ0) is 13.1. The number of hydrogen-bond acceptors (Lipinski definition) is 4. The molecule has 4 nitrogen and oxygen atoms in total. The Bertz CT molecular complexity index is 430. The van der Waals surface area contributed by atoms with Crippen molar-refractivity contribution in [2.75, 3.05) is 32.8 Å². The van der Waals surface area contributed by atoms with Gasteiger partial charge in [0.05, 0.1) is 6.04 Å². The Morgan fingerprint density at radius 1 is 1.11 bits per heavy atom. The quantitative estimate of drug-likeness (QED) is 0.904. The van der Waals surface area contributed by atoms with Crippen LogP contribution in [0.15, 0.2) is 18.2 Å². The first-order valence-electron chi connectivity index (χ1n) is 7.23. The standard InChI is InChI=1S/C15H22N2O2/c16-11-13(17-7-2-1-3-8-17)12-5-4-6-14-15(12)19-10-9-18-14/h4-6,13H,1-3,7-11,16H2. The van der Waals surface area contributed by atoms with Gasteiger partial charge in [-0.05, 0) is 32.0 Å². The third-order valence-corrected chi connectivity index (χ3v) is 4.01. The molecule has 0 spiro atoms. The second kappa shape index (κ2) is 5.80. The highest BCUT2D eigenvalue weighted by Crippen LogP contribution is 2.39. The summed E-state index contributed by atoms with van der Waals surface area (Å²) in [5.74, 6) is 1.76. The molecule has 1 fully saturated rings. The highest BCUT2D eigenvalue weighted by molar-refractivity contribution is 5.49. The molecule has 1 aromatic carbocycles. The van der Waals surface area contributed by atoms with E-state index in [4.69, 9.17) is 15.2 Å². The van der Waals surface area contributed by atoms with E-state index in [0.29, 0.717) is 19.8 Å². The maximum absolute atomic E-state index is 6.03. The number of para-hydroxylation sites is 1. The number of rotatable bonds is 3. The normalized spacial score (nSPS) is 21.1. The summed E-state index contributed by atoms with van der Waals surface area (Å²) >= 11 is 0. The molecule has 1 aromatic rings. The van der Waals surface area contributed by atoms with Gasteiger partial charge in [0.15, 0.2) is 11.5 Å². The van der Waals surface area contributed by atoms with Crippen LogP contribution in [0, 0.1) is 0 Å². The fraction of sp³-hybridized carbons (Fsp3) is 0.600. The molecule has 0 amide bonds. The topological polar surface area (TPSA) is 47.7 Å². The Balaban J connectivity index is 1.90. The van der Waals surface area contributed by atoms with E-state index < -0.39 is 0 Å². The summed E-state index contributed by atoms with van der Waals surface area (Å²) in [6.45, 7) is 4.15. The van der Waals surface area contributed by atoms with Gasteiger partial charge in [-0.2, -0.15) is 0 Å². The van der Waals surface area contributed by atoms with E-state index >= 15 is 0 Å². The van der Waals surface area contributed by atoms with Gasteiger partial charge >= 0.3 is 0 Å². The molecule has 3 rings (SSSR count). The van der Waals surface area contributed by atoms with Crippen molar-refractivity contribution in [2.24, 2.45) is 5.73 Å². The number of benzene rings is 1. The molecule has 0 radical (unpaired) electrons. The van der Waals surface area contributed by atoms with E-state index in [2.05, 4.69) is 11.0 Å². The van der Waals surface area contributed by atoms with Gasteiger partial charge in [-0.25, -0.2) is 0 Å². The van der Waals surface area contributed by atoms with E-state index in [1.54, 1.807) is 0 Å². The highest BCUT2D eigenvalue weighted by atomic mass is 16.6. The van der Waals surface area contributed by atoms with Crippen molar-refractivity contribution in [1.29, 1.82) is 0 Å². The maximum Gasteiger partial charge on any atom is 0.166 e. The minimum atomic E-state index is 0.247. The number of ether oxygens (including phenoxy) is 2. The lowest BCUT2D eigenvalue weighted by Gasteiger charge is -2.35. The number of piperidine rings is 1. The molecule has 2 aliphatic heterocycles. The minimum absolute atomic E-state index is 0.247.